The molecular formula is C18H26S3. The van der Waals surface area contributed by atoms with Gasteiger partial charge in [0.2, 0.25) is 0 Å². The van der Waals surface area contributed by atoms with Crippen molar-refractivity contribution in [2.75, 3.05) is 0 Å². The van der Waals surface area contributed by atoms with E-state index in [1.165, 1.54) is 43.2 Å². The van der Waals surface area contributed by atoms with Crippen LogP contribution < -0.4 is 0 Å². The molecule has 3 heteroatoms. The summed E-state index contributed by atoms with van der Waals surface area (Å²) in [5, 5.41) is 0. The van der Waals surface area contributed by atoms with E-state index in [0.29, 0.717) is 11.8 Å². The Morgan fingerprint density at radius 1 is 0.571 bits per heavy atom. The van der Waals surface area contributed by atoms with E-state index in [2.05, 4.69) is 55.4 Å². The van der Waals surface area contributed by atoms with E-state index >= 15 is 0 Å². The average Bonchev–Trinajstić information content (AvgIpc) is 2.76. The monoisotopic (exact) mass is 338 g/mol. The average molecular weight is 339 g/mol. The summed E-state index contributed by atoms with van der Waals surface area (Å²) in [4.78, 5) is 3.00. The second kappa shape index (κ2) is 6.64. The highest BCUT2D eigenvalue weighted by atomic mass is 33.5. The highest BCUT2D eigenvalue weighted by Gasteiger charge is 2.26. The largest absolute Gasteiger partial charge is 0.0623 e. The van der Waals surface area contributed by atoms with Crippen LogP contribution >= 0.6 is 31.4 Å². The van der Waals surface area contributed by atoms with Gasteiger partial charge >= 0.3 is 0 Å². The van der Waals surface area contributed by atoms with Crippen LogP contribution in [0.3, 0.4) is 0 Å². The Bertz CT molecular complexity index is 536. The topological polar surface area (TPSA) is 0 Å². The SMILES string of the molecule is CC1=C(C)C(C)C(C)=C1SSSC1=C(C)C(C)C(C)=C1C. The maximum atomic E-state index is 2.32. The van der Waals surface area contributed by atoms with Gasteiger partial charge in [-0.15, -0.1) is 0 Å². The van der Waals surface area contributed by atoms with E-state index < -0.39 is 0 Å². The van der Waals surface area contributed by atoms with E-state index in [0.717, 1.165) is 0 Å². The molecule has 0 amide bonds. The van der Waals surface area contributed by atoms with Crippen LogP contribution in [0.1, 0.15) is 55.4 Å². The summed E-state index contributed by atoms with van der Waals surface area (Å²) in [6, 6.07) is 0. The maximum absolute atomic E-state index is 2.32. The number of allylic oxidation sites excluding steroid dienone is 6. The quantitative estimate of drug-likeness (QED) is 0.486. The molecule has 116 valence electrons. The van der Waals surface area contributed by atoms with Crippen molar-refractivity contribution in [3.05, 3.63) is 43.2 Å². The molecule has 2 rings (SSSR count). The Balaban J connectivity index is 2.04. The van der Waals surface area contributed by atoms with Crippen molar-refractivity contribution >= 4 is 31.4 Å². The van der Waals surface area contributed by atoms with E-state index in [-0.39, 0.29) is 0 Å². The highest BCUT2D eigenvalue weighted by molar-refractivity contribution is 9.10. The minimum Gasteiger partial charge on any atom is -0.0623 e. The van der Waals surface area contributed by atoms with E-state index in [4.69, 9.17) is 0 Å². The third kappa shape index (κ3) is 3.07. The van der Waals surface area contributed by atoms with Crippen molar-refractivity contribution in [2.45, 2.75) is 55.4 Å². The van der Waals surface area contributed by atoms with Crippen molar-refractivity contribution in [3.8, 4) is 0 Å². The van der Waals surface area contributed by atoms with Gasteiger partial charge in [-0.1, -0.05) is 36.1 Å². The summed E-state index contributed by atoms with van der Waals surface area (Å²) in [5.41, 5.74) is 9.14. The zero-order chi connectivity index (χ0) is 15.9. The molecule has 0 N–H and O–H groups in total. The van der Waals surface area contributed by atoms with Crippen LogP contribution in [0.25, 0.3) is 0 Å². The summed E-state index contributed by atoms with van der Waals surface area (Å²) >= 11 is 0. The molecule has 2 atom stereocenters. The summed E-state index contributed by atoms with van der Waals surface area (Å²) < 4.78 is 0. The van der Waals surface area contributed by atoms with Gasteiger partial charge in [0, 0.05) is 9.81 Å². The van der Waals surface area contributed by atoms with Gasteiger partial charge in [0.25, 0.3) is 0 Å². The standard InChI is InChI=1S/C18H26S3/c1-9-10(2)14(6)17(13(9)5)19-21-20-18-15(7)11(3)12(4)16(18)8/h9,11H,1-8H3. The first-order valence-electron chi connectivity index (χ1n) is 7.55. The molecule has 0 aromatic heterocycles. The molecule has 0 spiro atoms. The highest BCUT2D eigenvalue weighted by Crippen LogP contribution is 2.55. The predicted octanol–water partition coefficient (Wildman–Crippen LogP) is 7.54. The van der Waals surface area contributed by atoms with Gasteiger partial charge in [0.1, 0.15) is 0 Å². The molecule has 21 heavy (non-hydrogen) atoms. The first-order valence-corrected chi connectivity index (χ1v) is 11.0. The Labute approximate surface area is 141 Å². The molecule has 0 radical (unpaired) electrons. The van der Waals surface area contributed by atoms with Crippen molar-refractivity contribution in [3.63, 3.8) is 0 Å². The van der Waals surface area contributed by atoms with Crippen LogP contribution in [0.2, 0.25) is 0 Å². The number of rotatable bonds is 4. The normalized spacial score (nSPS) is 26.9. The van der Waals surface area contributed by atoms with E-state index in [1.807, 2.05) is 31.4 Å². The van der Waals surface area contributed by atoms with Crippen LogP contribution in [0.4, 0.5) is 0 Å². The third-order valence-electron chi connectivity index (χ3n) is 5.41. The predicted molar refractivity (Wildman–Crippen MR) is 103 cm³/mol. The zero-order valence-electron chi connectivity index (χ0n) is 14.4. The molecular weight excluding hydrogens is 312 g/mol. The lowest BCUT2D eigenvalue weighted by Crippen LogP contribution is -1.92. The smallest absolute Gasteiger partial charge is 0.0215 e. The van der Waals surface area contributed by atoms with Crippen molar-refractivity contribution in [1.29, 1.82) is 0 Å². The van der Waals surface area contributed by atoms with Crippen molar-refractivity contribution in [2.24, 2.45) is 11.8 Å². The molecule has 0 nitrogen and oxygen atoms in total. The molecule has 0 saturated carbocycles. The molecule has 2 aliphatic rings. The minimum atomic E-state index is 0.620. The number of hydrogen-bond acceptors (Lipinski definition) is 3. The van der Waals surface area contributed by atoms with Gasteiger partial charge < -0.3 is 0 Å². The summed E-state index contributed by atoms with van der Waals surface area (Å²) in [7, 11) is 5.81. The number of hydrogen-bond donors (Lipinski definition) is 0. The van der Waals surface area contributed by atoms with Crippen LogP contribution in [0.5, 0.6) is 0 Å². The zero-order valence-corrected chi connectivity index (χ0v) is 16.8. The summed E-state index contributed by atoms with van der Waals surface area (Å²) in [5.74, 6) is 1.24. The van der Waals surface area contributed by atoms with Crippen LogP contribution in [-0.2, 0) is 0 Å². The molecule has 0 fully saturated rings. The fraction of sp³-hybridized carbons (Fsp3) is 0.556. The minimum absolute atomic E-state index is 0.620. The first kappa shape index (κ1) is 17.4. The molecule has 0 aromatic rings. The Morgan fingerprint density at radius 2 is 0.905 bits per heavy atom. The second-order valence-electron chi connectivity index (χ2n) is 6.32. The second-order valence-corrected chi connectivity index (χ2v) is 10.2. The van der Waals surface area contributed by atoms with Gasteiger partial charge in [0.15, 0.2) is 0 Å². The van der Waals surface area contributed by atoms with Crippen molar-refractivity contribution in [1.82, 2.24) is 0 Å². The molecule has 0 saturated heterocycles. The summed E-state index contributed by atoms with van der Waals surface area (Å²) in [6.45, 7) is 18.3. The van der Waals surface area contributed by atoms with Crippen LogP contribution in [-0.4, -0.2) is 0 Å². The van der Waals surface area contributed by atoms with Gasteiger partial charge in [-0.3, -0.25) is 0 Å². The first-order chi connectivity index (χ1) is 9.77. The van der Waals surface area contributed by atoms with E-state index in [9.17, 15) is 0 Å². The molecule has 2 aliphatic carbocycles. The van der Waals surface area contributed by atoms with Gasteiger partial charge in [-0.2, -0.15) is 0 Å². The fourth-order valence-electron chi connectivity index (χ4n) is 2.98. The summed E-state index contributed by atoms with van der Waals surface area (Å²) in [6.07, 6.45) is 0. The fourth-order valence-corrected chi connectivity index (χ4v) is 7.92. The van der Waals surface area contributed by atoms with E-state index in [1.54, 1.807) is 0 Å². The third-order valence-corrected chi connectivity index (χ3v) is 9.77. The molecule has 0 bridgehead atoms. The molecule has 0 heterocycles. The van der Waals surface area contributed by atoms with Gasteiger partial charge in [-0.05, 0) is 95.9 Å². The van der Waals surface area contributed by atoms with Gasteiger partial charge in [-0.25, -0.2) is 0 Å². The lowest BCUT2D eigenvalue weighted by Gasteiger charge is -2.09. The Kier molecular flexibility index (Phi) is 5.49. The Hall–Kier alpha value is 0.01000. The lowest BCUT2D eigenvalue weighted by atomic mass is 10.0. The van der Waals surface area contributed by atoms with Gasteiger partial charge in [0.05, 0.1) is 0 Å². The van der Waals surface area contributed by atoms with Crippen molar-refractivity contribution < 1.29 is 0 Å². The van der Waals surface area contributed by atoms with Crippen LogP contribution in [0, 0.1) is 11.8 Å². The molecule has 2 unspecified atom stereocenters. The molecule has 0 aromatic carbocycles. The van der Waals surface area contributed by atoms with Crippen LogP contribution in [0.15, 0.2) is 43.2 Å². The lowest BCUT2D eigenvalue weighted by molar-refractivity contribution is 0.817. The maximum Gasteiger partial charge on any atom is 0.0215 e. The molecule has 0 aliphatic heterocycles. The Morgan fingerprint density at radius 3 is 1.14 bits per heavy atom.